The Morgan fingerprint density at radius 1 is 0.903 bits per heavy atom. The van der Waals surface area contributed by atoms with Gasteiger partial charge in [-0.05, 0) is 46.7 Å². The molecule has 152 valence electrons. The highest BCUT2D eigenvalue weighted by atomic mass is 79.9. The van der Waals surface area contributed by atoms with Crippen LogP contribution in [0, 0.1) is 0 Å². The number of rotatable bonds is 4. The zero-order chi connectivity index (χ0) is 21.4. The molecule has 1 N–H and O–H groups in total. The van der Waals surface area contributed by atoms with Gasteiger partial charge in [-0.3, -0.25) is 4.79 Å². The molecule has 0 radical (unpaired) electrons. The van der Waals surface area contributed by atoms with Gasteiger partial charge in [-0.1, -0.05) is 76.6 Å². The van der Waals surface area contributed by atoms with E-state index in [4.69, 9.17) is 4.74 Å². The molecule has 0 bridgehead atoms. The molecule has 1 aliphatic heterocycles. The zero-order valence-electron chi connectivity index (χ0n) is 16.5. The Kier molecular flexibility index (Phi) is 4.83. The van der Waals surface area contributed by atoms with Crippen LogP contribution >= 0.6 is 15.9 Å². The van der Waals surface area contributed by atoms with Crippen LogP contribution in [0.5, 0.6) is 5.75 Å². The van der Waals surface area contributed by atoms with Crippen LogP contribution in [-0.4, -0.2) is 11.9 Å². The van der Waals surface area contributed by atoms with E-state index in [2.05, 4.69) is 21.2 Å². The molecule has 4 nitrogen and oxygen atoms in total. The number of benzene rings is 4. The number of carbonyl (C=O) groups is 2. The first-order chi connectivity index (χ1) is 15.1. The molecular weight excluding hydrogens is 454 g/mol. The molecule has 0 fully saturated rings. The molecule has 1 unspecified atom stereocenters. The van der Waals surface area contributed by atoms with E-state index in [9.17, 15) is 9.59 Å². The van der Waals surface area contributed by atoms with Crippen molar-refractivity contribution in [2.24, 2.45) is 0 Å². The number of amides is 1. The van der Waals surface area contributed by atoms with Gasteiger partial charge in [-0.15, -0.1) is 0 Å². The summed E-state index contributed by atoms with van der Waals surface area (Å²) in [7, 11) is 0. The maximum absolute atomic E-state index is 13.4. The van der Waals surface area contributed by atoms with Crippen LogP contribution in [-0.2, 0) is 16.8 Å². The van der Waals surface area contributed by atoms with E-state index in [0.717, 1.165) is 20.8 Å². The lowest BCUT2D eigenvalue weighted by molar-refractivity contribution is -0.139. The summed E-state index contributed by atoms with van der Waals surface area (Å²) in [5.41, 5.74) is 0.738. The number of hydrogen-bond donors (Lipinski definition) is 1. The Labute approximate surface area is 188 Å². The molecule has 5 heteroatoms. The van der Waals surface area contributed by atoms with E-state index in [1.54, 1.807) is 30.3 Å². The van der Waals surface area contributed by atoms with E-state index in [0.29, 0.717) is 16.9 Å². The third-order valence-corrected chi connectivity index (χ3v) is 6.08. The minimum atomic E-state index is -1.34. The van der Waals surface area contributed by atoms with E-state index < -0.39 is 11.5 Å². The highest BCUT2D eigenvalue weighted by molar-refractivity contribution is 9.10. The van der Waals surface area contributed by atoms with E-state index in [1.165, 1.54) is 0 Å². The largest absolute Gasteiger partial charge is 0.424 e. The number of carbonyl (C=O) groups excluding carboxylic acids is 2. The van der Waals surface area contributed by atoms with Crippen molar-refractivity contribution >= 4 is 38.6 Å². The second kappa shape index (κ2) is 7.67. The maximum atomic E-state index is 13.4. The molecule has 4 aromatic carbocycles. The Hall–Kier alpha value is -3.44. The highest BCUT2D eigenvalue weighted by Gasteiger charge is 2.51. The Bertz CT molecular complexity index is 1320. The lowest BCUT2D eigenvalue weighted by Crippen LogP contribution is -2.52. The summed E-state index contributed by atoms with van der Waals surface area (Å²) in [4.78, 5) is 26.6. The summed E-state index contributed by atoms with van der Waals surface area (Å²) in [5.74, 6) is -0.330. The molecule has 0 aliphatic carbocycles. The summed E-state index contributed by atoms with van der Waals surface area (Å²) in [6, 6.07) is 28.2. The van der Waals surface area contributed by atoms with Gasteiger partial charge in [-0.25, -0.2) is 4.79 Å². The van der Waals surface area contributed by atoms with Crippen LogP contribution in [0.15, 0.2) is 95.5 Å². The van der Waals surface area contributed by atoms with E-state index in [1.807, 2.05) is 60.7 Å². The summed E-state index contributed by atoms with van der Waals surface area (Å²) in [6.45, 7) is 0. The fraction of sp³-hybridized carbons (Fsp3) is 0.0769. The van der Waals surface area contributed by atoms with Crippen molar-refractivity contribution in [1.29, 1.82) is 0 Å². The van der Waals surface area contributed by atoms with Crippen molar-refractivity contribution in [1.82, 2.24) is 5.32 Å². The third-order valence-electron chi connectivity index (χ3n) is 5.59. The van der Waals surface area contributed by atoms with Crippen LogP contribution in [0.3, 0.4) is 0 Å². The molecule has 5 rings (SSSR count). The maximum Gasteiger partial charge on any atom is 0.342 e. The standard InChI is InChI=1S/C26H18BrNO3/c27-20-11-6-7-17(15-20)16-26(28-24(29)19-9-2-1-3-10-19)23-21-12-5-4-8-18(21)13-14-22(23)31-25(26)30/h1-15H,16H2,(H,28,29). The summed E-state index contributed by atoms with van der Waals surface area (Å²) >= 11 is 3.50. The van der Waals surface area contributed by atoms with Crippen molar-refractivity contribution in [3.05, 3.63) is 112 Å². The number of halogens is 1. The topological polar surface area (TPSA) is 55.4 Å². The highest BCUT2D eigenvalue weighted by Crippen LogP contribution is 2.45. The minimum absolute atomic E-state index is 0.269. The fourth-order valence-electron chi connectivity index (χ4n) is 4.19. The lowest BCUT2D eigenvalue weighted by atomic mass is 9.82. The first kappa shape index (κ1) is 19.5. The Balaban J connectivity index is 1.71. The normalized spacial score (nSPS) is 17.3. The summed E-state index contributed by atoms with van der Waals surface area (Å²) < 4.78 is 6.61. The molecular formula is C26H18BrNO3. The minimum Gasteiger partial charge on any atom is -0.424 e. The first-order valence-corrected chi connectivity index (χ1v) is 10.7. The summed E-state index contributed by atoms with van der Waals surface area (Å²) in [5, 5.41) is 4.91. The number of ether oxygens (including phenoxy) is 1. The number of nitrogens with one attached hydrogen (secondary N) is 1. The predicted molar refractivity (Wildman–Crippen MR) is 123 cm³/mol. The van der Waals surface area contributed by atoms with Gasteiger partial charge >= 0.3 is 5.97 Å². The molecule has 1 aliphatic rings. The van der Waals surface area contributed by atoms with Crippen LogP contribution in [0.25, 0.3) is 10.8 Å². The zero-order valence-corrected chi connectivity index (χ0v) is 18.1. The van der Waals surface area contributed by atoms with Gasteiger partial charge < -0.3 is 10.1 Å². The molecule has 31 heavy (non-hydrogen) atoms. The third kappa shape index (κ3) is 3.41. The average molecular weight is 472 g/mol. The molecule has 1 heterocycles. The second-order valence-corrected chi connectivity index (χ2v) is 8.50. The Morgan fingerprint density at radius 3 is 2.48 bits per heavy atom. The van der Waals surface area contributed by atoms with Crippen molar-refractivity contribution in [2.75, 3.05) is 0 Å². The van der Waals surface area contributed by atoms with Crippen molar-refractivity contribution in [2.45, 2.75) is 12.0 Å². The van der Waals surface area contributed by atoms with Gasteiger partial charge in [0.05, 0.1) is 0 Å². The predicted octanol–water partition coefficient (Wildman–Crippen LogP) is 5.39. The first-order valence-electron chi connectivity index (χ1n) is 9.93. The van der Waals surface area contributed by atoms with Gasteiger partial charge in [0.2, 0.25) is 0 Å². The summed E-state index contributed by atoms with van der Waals surface area (Å²) in [6.07, 6.45) is 0.269. The van der Waals surface area contributed by atoms with Crippen molar-refractivity contribution < 1.29 is 14.3 Å². The lowest BCUT2D eigenvalue weighted by Gasteiger charge is -2.28. The van der Waals surface area contributed by atoms with E-state index >= 15 is 0 Å². The van der Waals surface area contributed by atoms with Crippen LogP contribution in [0.4, 0.5) is 0 Å². The van der Waals surface area contributed by atoms with Crippen LogP contribution < -0.4 is 10.1 Å². The molecule has 0 saturated heterocycles. The van der Waals surface area contributed by atoms with E-state index in [-0.39, 0.29) is 12.3 Å². The average Bonchev–Trinajstić information content (AvgIpc) is 3.05. The monoisotopic (exact) mass is 471 g/mol. The fourth-order valence-corrected chi connectivity index (χ4v) is 4.64. The second-order valence-electron chi connectivity index (χ2n) is 7.58. The van der Waals surface area contributed by atoms with Gasteiger partial charge in [0.25, 0.3) is 5.91 Å². The van der Waals surface area contributed by atoms with Gasteiger partial charge in [0.15, 0.2) is 5.54 Å². The molecule has 0 saturated carbocycles. The van der Waals surface area contributed by atoms with Crippen LogP contribution in [0.1, 0.15) is 21.5 Å². The van der Waals surface area contributed by atoms with Gasteiger partial charge in [0, 0.05) is 22.0 Å². The molecule has 0 aromatic heterocycles. The van der Waals surface area contributed by atoms with Gasteiger partial charge in [0.1, 0.15) is 5.75 Å². The van der Waals surface area contributed by atoms with Crippen molar-refractivity contribution in [3.63, 3.8) is 0 Å². The van der Waals surface area contributed by atoms with Crippen molar-refractivity contribution in [3.8, 4) is 5.75 Å². The van der Waals surface area contributed by atoms with Crippen LogP contribution in [0.2, 0.25) is 0 Å². The number of hydrogen-bond acceptors (Lipinski definition) is 3. The molecule has 1 amide bonds. The number of fused-ring (bicyclic) bond motifs is 3. The SMILES string of the molecule is O=C(NC1(Cc2cccc(Br)c2)C(=O)Oc2ccc3ccccc3c21)c1ccccc1. The quantitative estimate of drug-likeness (QED) is 0.320. The van der Waals surface area contributed by atoms with Gasteiger partial charge in [-0.2, -0.15) is 0 Å². The Morgan fingerprint density at radius 2 is 1.68 bits per heavy atom. The molecule has 1 atom stereocenters. The number of esters is 1. The molecule has 4 aromatic rings. The molecule has 0 spiro atoms. The smallest absolute Gasteiger partial charge is 0.342 e.